The van der Waals surface area contributed by atoms with Gasteiger partial charge in [-0.25, -0.2) is 0 Å². The van der Waals surface area contributed by atoms with Crippen LogP contribution in [0.15, 0.2) is 42.5 Å². The number of hydrogen-bond acceptors (Lipinski definition) is 3. The molecule has 2 aromatic rings. The van der Waals surface area contributed by atoms with Crippen molar-refractivity contribution in [1.29, 1.82) is 0 Å². The molecule has 0 saturated heterocycles. The van der Waals surface area contributed by atoms with Gasteiger partial charge in [-0.2, -0.15) is 0 Å². The summed E-state index contributed by atoms with van der Waals surface area (Å²) in [5.41, 5.74) is 0.416. The van der Waals surface area contributed by atoms with Gasteiger partial charge in [-0.1, -0.05) is 62.9 Å². The molecule has 3 nitrogen and oxygen atoms in total. The smallest absolute Gasteiger partial charge is 1.00 e. The molecule has 28 heavy (non-hydrogen) atoms. The number of hydrogen-bond donors (Lipinski definition) is 0. The summed E-state index contributed by atoms with van der Waals surface area (Å²) in [4.78, 5) is 12.7. The molecule has 0 bridgehead atoms. The maximum atomic E-state index is 12.7. The summed E-state index contributed by atoms with van der Waals surface area (Å²) in [5.74, 6) is 1.96. The Kier molecular flexibility index (Phi) is 11.9. The van der Waals surface area contributed by atoms with Gasteiger partial charge in [0.2, 0.25) is 0 Å². The van der Waals surface area contributed by atoms with Crippen LogP contribution in [0.5, 0.6) is 11.5 Å². The third-order valence-electron chi connectivity index (χ3n) is 4.56. The fraction of sp³-hybridized carbons (Fsp3) is 0.409. The first-order valence-corrected chi connectivity index (χ1v) is 10.8. The van der Waals surface area contributed by atoms with E-state index in [-0.39, 0.29) is 34.4 Å². The SMILES string of the molecule is CCCCC(CC)COc1ccc(PC(=O)c2c(Cl)cccc2OC)cc1.[H-].[Li+]. The Balaban J connectivity index is 0.00000392. The summed E-state index contributed by atoms with van der Waals surface area (Å²) in [5, 5.41) is 1.37. The minimum absolute atomic E-state index is 0. The van der Waals surface area contributed by atoms with Gasteiger partial charge in [0.05, 0.1) is 24.3 Å². The van der Waals surface area contributed by atoms with E-state index < -0.39 is 0 Å². The number of halogens is 1. The first-order chi connectivity index (χ1) is 13.1. The van der Waals surface area contributed by atoms with Gasteiger partial charge in [0.25, 0.3) is 0 Å². The molecule has 2 rings (SSSR count). The molecule has 0 N–H and O–H groups in total. The maximum absolute atomic E-state index is 12.7. The van der Waals surface area contributed by atoms with Gasteiger partial charge in [-0.3, -0.25) is 4.79 Å². The molecular formula is C22H29ClLiO3P. The molecule has 6 heteroatoms. The Labute approximate surface area is 189 Å². The van der Waals surface area contributed by atoms with Gasteiger partial charge >= 0.3 is 18.9 Å². The fourth-order valence-corrected chi connectivity index (χ4v) is 4.14. The minimum Gasteiger partial charge on any atom is -1.00 e. The van der Waals surface area contributed by atoms with Crippen molar-refractivity contribution in [3.05, 3.63) is 53.1 Å². The second-order valence-electron chi connectivity index (χ2n) is 6.52. The van der Waals surface area contributed by atoms with Crippen LogP contribution in [0.25, 0.3) is 0 Å². The number of methoxy groups -OCH3 is 1. The molecule has 0 spiro atoms. The van der Waals surface area contributed by atoms with E-state index >= 15 is 0 Å². The first kappa shape index (κ1) is 25.1. The van der Waals surface area contributed by atoms with E-state index in [0.29, 0.717) is 22.3 Å². The van der Waals surface area contributed by atoms with Crippen LogP contribution in [0.1, 0.15) is 51.3 Å². The van der Waals surface area contributed by atoms with Crippen LogP contribution in [0, 0.1) is 5.92 Å². The van der Waals surface area contributed by atoms with Crippen LogP contribution in [-0.2, 0) is 0 Å². The van der Waals surface area contributed by atoms with Crippen LogP contribution < -0.4 is 33.6 Å². The molecule has 0 aromatic heterocycles. The number of ether oxygens (including phenoxy) is 2. The molecule has 0 aliphatic heterocycles. The summed E-state index contributed by atoms with van der Waals surface area (Å²) in [6.07, 6.45) is 4.81. The van der Waals surface area contributed by atoms with Crippen molar-refractivity contribution in [3.63, 3.8) is 0 Å². The van der Waals surface area contributed by atoms with Gasteiger partial charge < -0.3 is 10.9 Å². The minimum atomic E-state index is -0.0308. The summed E-state index contributed by atoms with van der Waals surface area (Å²) in [6.45, 7) is 5.17. The summed E-state index contributed by atoms with van der Waals surface area (Å²) in [7, 11) is 1.53. The number of rotatable bonds is 11. The van der Waals surface area contributed by atoms with E-state index in [4.69, 9.17) is 21.1 Å². The Morgan fingerprint density at radius 2 is 1.89 bits per heavy atom. The first-order valence-electron chi connectivity index (χ1n) is 9.45. The Morgan fingerprint density at radius 1 is 1.18 bits per heavy atom. The van der Waals surface area contributed by atoms with Crippen molar-refractivity contribution in [2.75, 3.05) is 13.7 Å². The van der Waals surface area contributed by atoms with Crippen LogP contribution in [0.3, 0.4) is 0 Å². The number of carbonyl (C=O) groups excluding carboxylic acids is 1. The number of unbranched alkanes of at least 4 members (excludes halogenated alkanes) is 1. The molecular weight excluding hydrogens is 386 g/mol. The van der Waals surface area contributed by atoms with Gasteiger partial charge in [0.15, 0.2) is 5.52 Å². The van der Waals surface area contributed by atoms with Gasteiger partial charge in [0, 0.05) is 0 Å². The predicted molar refractivity (Wildman–Crippen MR) is 117 cm³/mol. The van der Waals surface area contributed by atoms with Crippen molar-refractivity contribution in [2.45, 2.75) is 39.5 Å². The molecule has 0 fully saturated rings. The zero-order valence-corrected chi connectivity index (χ0v) is 19.0. The Morgan fingerprint density at radius 3 is 2.50 bits per heavy atom. The third kappa shape index (κ3) is 7.45. The van der Waals surface area contributed by atoms with E-state index in [0.717, 1.165) is 24.1 Å². The van der Waals surface area contributed by atoms with Crippen molar-refractivity contribution in [3.8, 4) is 11.5 Å². The van der Waals surface area contributed by atoms with Gasteiger partial charge in [-0.15, -0.1) is 0 Å². The zero-order valence-electron chi connectivity index (χ0n) is 18.3. The van der Waals surface area contributed by atoms with E-state index in [2.05, 4.69) is 13.8 Å². The molecule has 0 amide bonds. The quantitative estimate of drug-likeness (QED) is 0.418. The van der Waals surface area contributed by atoms with Gasteiger partial charge in [-0.05, 0) is 50.5 Å². The molecule has 2 unspecified atom stereocenters. The average Bonchev–Trinajstić information content (AvgIpc) is 2.68. The van der Waals surface area contributed by atoms with E-state index in [1.807, 2.05) is 24.3 Å². The molecule has 0 aliphatic rings. The molecule has 148 valence electrons. The second kappa shape index (κ2) is 13.3. The van der Waals surface area contributed by atoms with E-state index in [9.17, 15) is 4.79 Å². The fourth-order valence-electron chi connectivity index (χ4n) is 2.84. The molecule has 0 heterocycles. The van der Waals surface area contributed by atoms with Crippen molar-refractivity contribution in [2.24, 2.45) is 5.92 Å². The normalized spacial score (nSPS) is 11.9. The monoisotopic (exact) mass is 414 g/mol. The molecule has 2 atom stereocenters. The van der Waals surface area contributed by atoms with Crippen LogP contribution in [0.2, 0.25) is 5.02 Å². The third-order valence-corrected chi connectivity index (χ3v) is 5.98. The topological polar surface area (TPSA) is 35.5 Å². The second-order valence-corrected chi connectivity index (χ2v) is 8.21. The number of benzene rings is 2. The molecule has 0 saturated carbocycles. The Hall–Kier alpha value is -0.973. The van der Waals surface area contributed by atoms with E-state index in [1.54, 1.807) is 25.3 Å². The summed E-state index contributed by atoms with van der Waals surface area (Å²) >= 11 is 6.20. The molecule has 0 radical (unpaired) electrons. The molecule has 2 aromatic carbocycles. The Bertz CT molecular complexity index is 743. The summed E-state index contributed by atoms with van der Waals surface area (Å²) < 4.78 is 11.2. The summed E-state index contributed by atoms with van der Waals surface area (Å²) in [6, 6.07) is 13.0. The van der Waals surface area contributed by atoms with Crippen molar-refractivity contribution >= 4 is 31.0 Å². The predicted octanol–water partition coefficient (Wildman–Crippen LogP) is 3.20. The molecule has 0 aliphatic carbocycles. The van der Waals surface area contributed by atoms with Crippen molar-refractivity contribution in [1.82, 2.24) is 0 Å². The van der Waals surface area contributed by atoms with E-state index in [1.165, 1.54) is 19.3 Å². The number of carbonyl (C=O) groups is 1. The van der Waals surface area contributed by atoms with Gasteiger partial charge in [0.1, 0.15) is 11.5 Å². The average molecular weight is 415 g/mol. The zero-order chi connectivity index (χ0) is 19.6. The largest absolute Gasteiger partial charge is 1.00 e. The van der Waals surface area contributed by atoms with Crippen LogP contribution >= 0.6 is 20.2 Å². The standard InChI is InChI=1S/C22H28ClO3P.Li.H/c1-4-6-8-16(5-2)15-26-17-11-13-18(14-12-17)27-22(24)21-19(23)9-7-10-20(21)25-3;;/h7,9-14,16,27H,4-6,8,15H2,1-3H3;;/q;+1;-1. The maximum Gasteiger partial charge on any atom is 1.00 e. The van der Waals surface area contributed by atoms with Crippen LogP contribution in [-0.4, -0.2) is 19.2 Å². The van der Waals surface area contributed by atoms with Crippen molar-refractivity contribution < 1.29 is 34.6 Å². The van der Waals surface area contributed by atoms with Crippen LogP contribution in [0.4, 0.5) is 0 Å².